The van der Waals surface area contributed by atoms with Gasteiger partial charge in [0.05, 0.1) is 12.2 Å². The number of ether oxygens (including phenoxy) is 2. The normalized spacial score (nSPS) is 11.4. The fourth-order valence-corrected chi connectivity index (χ4v) is 1.27. The van der Waals surface area contributed by atoms with Gasteiger partial charge in [0.15, 0.2) is 0 Å². The van der Waals surface area contributed by atoms with Crippen LogP contribution in [0.25, 0.3) is 0 Å². The highest BCUT2D eigenvalue weighted by Crippen LogP contribution is 2.09. The van der Waals surface area contributed by atoms with E-state index < -0.39 is 7.12 Å². The van der Waals surface area contributed by atoms with Crippen LogP contribution in [0.4, 0.5) is 0 Å². The van der Waals surface area contributed by atoms with Gasteiger partial charge in [-0.1, -0.05) is 12.1 Å². The van der Waals surface area contributed by atoms with Crippen molar-refractivity contribution in [3.05, 3.63) is 24.3 Å². The Morgan fingerprint density at radius 3 is 2.47 bits per heavy atom. The first-order valence-electron chi connectivity index (χ1n) is 5.61. The molecule has 0 aromatic heterocycles. The Kier molecular flexibility index (Phi) is 4.99. The molecule has 0 heterocycles. The molecule has 0 aliphatic heterocycles. The average Bonchev–Trinajstić information content (AvgIpc) is 2.23. The topological polar surface area (TPSA) is 58.9 Å². The van der Waals surface area contributed by atoms with Gasteiger partial charge in [-0.15, -0.1) is 0 Å². The molecule has 0 bridgehead atoms. The van der Waals surface area contributed by atoms with Crippen molar-refractivity contribution >= 4 is 12.6 Å². The first kappa shape index (κ1) is 14.0. The summed E-state index contributed by atoms with van der Waals surface area (Å²) in [5, 5.41) is 18.0. The van der Waals surface area contributed by atoms with Crippen LogP contribution in [0.3, 0.4) is 0 Å². The largest absolute Gasteiger partial charge is 0.491 e. The third-order valence-electron chi connectivity index (χ3n) is 2.04. The van der Waals surface area contributed by atoms with Crippen LogP contribution in [0.5, 0.6) is 5.75 Å². The predicted molar refractivity (Wildman–Crippen MR) is 67.5 cm³/mol. The van der Waals surface area contributed by atoms with E-state index in [1.54, 1.807) is 24.3 Å². The summed E-state index contributed by atoms with van der Waals surface area (Å²) in [6.07, 6.45) is 0. The van der Waals surface area contributed by atoms with E-state index in [0.29, 0.717) is 24.4 Å². The summed E-state index contributed by atoms with van der Waals surface area (Å²) in [5.74, 6) is 0.605. The highest BCUT2D eigenvalue weighted by Gasteiger charge is 2.12. The predicted octanol–water partition coefficient (Wildman–Crippen LogP) is 0.560. The van der Waals surface area contributed by atoms with E-state index in [9.17, 15) is 0 Å². The first-order valence-corrected chi connectivity index (χ1v) is 5.61. The summed E-state index contributed by atoms with van der Waals surface area (Å²) in [7, 11) is -1.47. The maximum absolute atomic E-state index is 9.00. The van der Waals surface area contributed by atoms with E-state index in [4.69, 9.17) is 19.5 Å². The molecule has 0 atom stereocenters. The van der Waals surface area contributed by atoms with Crippen LogP contribution >= 0.6 is 0 Å². The first-order chi connectivity index (χ1) is 7.88. The molecule has 0 radical (unpaired) electrons. The van der Waals surface area contributed by atoms with E-state index in [2.05, 4.69) is 0 Å². The van der Waals surface area contributed by atoms with E-state index >= 15 is 0 Å². The highest BCUT2D eigenvalue weighted by molar-refractivity contribution is 6.58. The third kappa shape index (κ3) is 5.72. The Morgan fingerprint density at radius 2 is 1.88 bits per heavy atom. The van der Waals surface area contributed by atoms with Gasteiger partial charge in [-0.05, 0) is 38.4 Å². The van der Waals surface area contributed by atoms with Gasteiger partial charge in [-0.2, -0.15) is 0 Å². The van der Waals surface area contributed by atoms with Crippen molar-refractivity contribution in [2.75, 3.05) is 13.2 Å². The Hall–Kier alpha value is -1.04. The SMILES string of the molecule is CC(C)(C)OCCOc1cccc(B(O)O)c1. The van der Waals surface area contributed by atoms with Crippen molar-refractivity contribution in [1.29, 1.82) is 0 Å². The van der Waals surface area contributed by atoms with E-state index in [1.165, 1.54) is 0 Å². The second kappa shape index (κ2) is 6.05. The smallest absolute Gasteiger partial charge is 0.488 e. The second-order valence-corrected chi connectivity index (χ2v) is 4.76. The highest BCUT2D eigenvalue weighted by atomic mass is 16.5. The van der Waals surface area contributed by atoms with E-state index in [0.717, 1.165) is 0 Å². The van der Waals surface area contributed by atoms with Crippen LogP contribution in [0.1, 0.15) is 20.8 Å². The number of benzene rings is 1. The monoisotopic (exact) mass is 238 g/mol. The van der Waals surface area contributed by atoms with Gasteiger partial charge >= 0.3 is 7.12 Å². The van der Waals surface area contributed by atoms with Crippen LogP contribution in [0.15, 0.2) is 24.3 Å². The second-order valence-electron chi connectivity index (χ2n) is 4.76. The molecule has 0 spiro atoms. The molecule has 1 rings (SSSR count). The molecule has 5 heteroatoms. The van der Waals surface area contributed by atoms with Gasteiger partial charge in [-0.25, -0.2) is 0 Å². The van der Waals surface area contributed by atoms with Gasteiger partial charge in [0, 0.05) is 0 Å². The summed E-state index contributed by atoms with van der Waals surface area (Å²) in [6.45, 7) is 6.87. The zero-order valence-corrected chi connectivity index (χ0v) is 10.5. The maximum atomic E-state index is 9.00. The van der Waals surface area contributed by atoms with Crippen LogP contribution in [0.2, 0.25) is 0 Å². The molecule has 2 N–H and O–H groups in total. The number of hydrogen-bond acceptors (Lipinski definition) is 4. The minimum absolute atomic E-state index is 0.174. The molecule has 0 fully saturated rings. The van der Waals surface area contributed by atoms with Gasteiger partial charge in [0.2, 0.25) is 0 Å². The maximum Gasteiger partial charge on any atom is 0.488 e. The Morgan fingerprint density at radius 1 is 1.18 bits per heavy atom. The van der Waals surface area contributed by atoms with Crippen molar-refractivity contribution < 1.29 is 19.5 Å². The average molecular weight is 238 g/mol. The van der Waals surface area contributed by atoms with E-state index in [-0.39, 0.29) is 5.60 Å². The van der Waals surface area contributed by atoms with Crippen LogP contribution < -0.4 is 10.2 Å². The summed E-state index contributed by atoms with van der Waals surface area (Å²) in [6, 6.07) is 6.71. The quantitative estimate of drug-likeness (QED) is 0.581. The molecule has 4 nitrogen and oxygen atoms in total. The zero-order valence-electron chi connectivity index (χ0n) is 10.5. The molecule has 1 aromatic rings. The fraction of sp³-hybridized carbons (Fsp3) is 0.500. The summed E-state index contributed by atoms with van der Waals surface area (Å²) in [4.78, 5) is 0. The molecule has 0 aliphatic rings. The van der Waals surface area contributed by atoms with Crippen LogP contribution in [0, 0.1) is 0 Å². The Bertz CT molecular complexity index is 347. The lowest BCUT2D eigenvalue weighted by Crippen LogP contribution is -2.29. The van der Waals surface area contributed by atoms with Gasteiger partial charge in [0.25, 0.3) is 0 Å². The zero-order chi connectivity index (χ0) is 12.9. The van der Waals surface area contributed by atoms with Crippen molar-refractivity contribution in [1.82, 2.24) is 0 Å². The fourth-order valence-electron chi connectivity index (χ4n) is 1.27. The number of hydrogen-bond donors (Lipinski definition) is 2. The molecule has 17 heavy (non-hydrogen) atoms. The lowest BCUT2D eigenvalue weighted by atomic mass is 9.80. The molecule has 0 saturated heterocycles. The standard InChI is InChI=1S/C12H19BO4/c1-12(2,3)17-8-7-16-11-6-4-5-10(9-11)13(14)15/h4-6,9,14-15H,7-8H2,1-3H3. The third-order valence-corrected chi connectivity index (χ3v) is 2.04. The van der Waals surface area contributed by atoms with Gasteiger partial charge in [0.1, 0.15) is 12.4 Å². The Labute approximate surface area is 102 Å². The molecule has 0 saturated carbocycles. The molecule has 0 unspecified atom stereocenters. The molecular weight excluding hydrogens is 219 g/mol. The van der Waals surface area contributed by atoms with Crippen molar-refractivity contribution in [2.45, 2.75) is 26.4 Å². The summed E-state index contributed by atoms with van der Waals surface area (Å²) >= 11 is 0. The van der Waals surface area contributed by atoms with Gasteiger partial charge < -0.3 is 19.5 Å². The van der Waals surface area contributed by atoms with Crippen LogP contribution in [-0.4, -0.2) is 36.0 Å². The molecule has 94 valence electrons. The minimum Gasteiger partial charge on any atom is -0.491 e. The molecule has 1 aromatic carbocycles. The van der Waals surface area contributed by atoms with Crippen LogP contribution in [-0.2, 0) is 4.74 Å². The van der Waals surface area contributed by atoms with E-state index in [1.807, 2.05) is 20.8 Å². The minimum atomic E-state index is -1.47. The lowest BCUT2D eigenvalue weighted by molar-refractivity contribution is -0.0162. The van der Waals surface area contributed by atoms with Crippen molar-refractivity contribution in [3.8, 4) is 5.75 Å². The number of rotatable bonds is 5. The molecule has 0 amide bonds. The Balaban J connectivity index is 2.39. The lowest BCUT2D eigenvalue weighted by Gasteiger charge is -2.19. The summed E-state index contributed by atoms with van der Waals surface area (Å²) in [5.41, 5.74) is 0.242. The summed E-state index contributed by atoms with van der Waals surface area (Å²) < 4.78 is 10.9. The van der Waals surface area contributed by atoms with Gasteiger partial charge in [-0.3, -0.25) is 0 Å². The van der Waals surface area contributed by atoms with Crippen molar-refractivity contribution in [3.63, 3.8) is 0 Å². The molecule has 0 aliphatic carbocycles. The molecular formula is C12H19BO4. The van der Waals surface area contributed by atoms with Crippen molar-refractivity contribution in [2.24, 2.45) is 0 Å².